The number of benzene rings is 8. The van der Waals surface area contributed by atoms with E-state index >= 15 is 0 Å². The summed E-state index contributed by atoms with van der Waals surface area (Å²) < 4.78 is 28.1. The lowest BCUT2D eigenvalue weighted by molar-refractivity contribution is -0.0767. The number of fused-ring (bicyclic) bond motifs is 4. The Bertz CT molecular complexity index is 4430. The van der Waals surface area contributed by atoms with Gasteiger partial charge in [-0.2, -0.15) is 0 Å². The third-order valence-corrected chi connectivity index (χ3v) is 28.0. The quantitative estimate of drug-likeness (QED) is 0.0571. The largest absolute Gasteiger partial charge is 0.483 e. The molecular weight excluding hydrogens is 1360 g/mol. The van der Waals surface area contributed by atoms with Crippen molar-refractivity contribution < 1.29 is 18.9 Å². The summed E-state index contributed by atoms with van der Waals surface area (Å²) in [5, 5.41) is 0. The second kappa shape index (κ2) is 37.3. The van der Waals surface area contributed by atoms with Crippen LogP contribution in [0.25, 0.3) is 0 Å². The average Bonchev–Trinajstić information content (AvgIpc) is 0.719. The van der Waals surface area contributed by atoms with E-state index in [2.05, 4.69) is 333 Å². The molecule has 0 fully saturated rings. The summed E-state index contributed by atoms with van der Waals surface area (Å²) in [6.45, 7) is 61.5. The standard InChI is InChI=1S/C33H50O.C29H42O.C25H34O.C21H26O/c1-8-12-20-32(21-13-9-2)29-19-17-26(6)24-30(29)34-33(22-14-10-3,31(32)15-11-4)28-18-16-25(5)23-27(28)7;1-8-16-28(17-9-2)25-15-13-22(6)20-26(25)30-29(18-10-3,27(28)11-4)24-14-12-21(5)19-23(24)7;1-8-24(9-2)20(7)25(10-3,21-13-11-17(4)15-19(21)6)26-23-16-18(5)12-14-22(23)24;1-14-7-9-17(16(3)11-14)21(6)13-20(4,5)18-10-8-15(2)12-19(18)22-21/h16-19,23-24,31H,8-15,20-22H2,1-7H3;12-15,19-20,27H,8-11,16-18H2,1-7H3;11-16,20H,8-10H2,1-7H3;7-12H,13H2,1-6H3. The van der Waals surface area contributed by atoms with Crippen molar-refractivity contribution >= 4 is 0 Å². The van der Waals surface area contributed by atoms with E-state index in [-0.39, 0.29) is 44.1 Å². The molecule has 0 amide bonds. The number of unbranched alkanes of at least 4 members (excludes halogenated alkanes) is 3. The third-order valence-electron chi connectivity index (χ3n) is 28.0. The van der Waals surface area contributed by atoms with E-state index in [4.69, 9.17) is 18.9 Å². The first-order valence-electron chi connectivity index (χ1n) is 44.8. The molecule has 0 saturated carbocycles. The normalized spacial score (nSPS) is 22.5. The molecule has 0 spiro atoms. The fourth-order valence-corrected chi connectivity index (χ4v) is 23.1. The SMILES string of the molecule is CCC1(CC)c2ccc(C)cc2OC(CC)(c2ccc(C)cc2C)C1C.CCCC1(CCC)c2ccc(C)cc2OC(CCC)(c2ccc(C)cc2C)C1CC.CCCCC1(CCCC)c2ccc(C)cc2OC(CCCC)(c2ccc(C)cc2C)C1CCC.Cc1ccc(C2(C)CC(C)(C)c3ccc(C)cc3O2)c(C)c1. The lowest BCUT2D eigenvalue weighted by atomic mass is 9.54. The van der Waals surface area contributed by atoms with Crippen LogP contribution in [0.15, 0.2) is 146 Å². The van der Waals surface area contributed by atoms with Crippen molar-refractivity contribution in [2.24, 2.45) is 17.8 Å². The van der Waals surface area contributed by atoms with Gasteiger partial charge in [-0.25, -0.2) is 0 Å². The lowest BCUT2D eigenvalue weighted by Crippen LogP contribution is -2.55. The molecule has 4 aliphatic rings. The van der Waals surface area contributed by atoms with Gasteiger partial charge in [-0.1, -0.05) is 298 Å². The molecule has 4 nitrogen and oxygen atoms in total. The van der Waals surface area contributed by atoms with Crippen LogP contribution in [0, 0.1) is 101 Å². The molecule has 7 unspecified atom stereocenters. The summed E-state index contributed by atoms with van der Waals surface area (Å²) in [5.74, 6) is 5.80. The second-order valence-electron chi connectivity index (χ2n) is 36.8. The Balaban J connectivity index is 0.000000173. The van der Waals surface area contributed by atoms with E-state index in [1.54, 1.807) is 0 Å². The van der Waals surface area contributed by atoms with E-state index in [0.29, 0.717) is 17.8 Å². The van der Waals surface area contributed by atoms with Gasteiger partial charge in [-0.3, -0.25) is 0 Å². The van der Waals surface area contributed by atoms with Crippen LogP contribution in [-0.4, -0.2) is 0 Å². The molecular formula is C108H152O4. The summed E-state index contributed by atoms with van der Waals surface area (Å²) in [5.41, 5.74) is 26.5. The molecule has 0 bridgehead atoms. The van der Waals surface area contributed by atoms with Gasteiger partial charge < -0.3 is 18.9 Å². The van der Waals surface area contributed by atoms with Crippen molar-refractivity contribution in [2.75, 3.05) is 0 Å². The molecule has 4 heterocycles. The van der Waals surface area contributed by atoms with Crippen molar-refractivity contribution in [1.82, 2.24) is 0 Å². The van der Waals surface area contributed by atoms with Crippen LogP contribution in [0.1, 0.15) is 356 Å². The zero-order valence-corrected chi connectivity index (χ0v) is 75.8. The van der Waals surface area contributed by atoms with Gasteiger partial charge in [0.15, 0.2) is 0 Å². The Morgan fingerprint density at radius 1 is 0.286 bits per heavy atom. The highest BCUT2D eigenvalue weighted by Gasteiger charge is 2.60. The van der Waals surface area contributed by atoms with E-state index in [1.165, 1.54) is 201 Å². The molecule has 4 aliphatic heterocycles. The van der Waals surface area contributed by atoms with Gasteiger partial charge in [0.1, 0.15) is 45.4 Å². The van der Waals surface area contributed by atoms with Crippen molar-refractivity contribution in [2.45, 2.75) is 372 Å². The Morgan fingerprint density at radius 3 is 0.946 bits per heavy atom. The topological polar surface area (TPSA) is 36.9 Å². The summed E-state index contributed by atoms with van der Waals surface area (Å²) in [7, 11) is 0. The van der Waals surface area contributed by atoms with Crippen LogP contribution in [0.2, 0.25) is 0 Å². The maximum absolute atomic E-state index is 7.39. The van der Waals surface area contributed by atoms with E-state index < -0.39 is 0 Å². The second-order valence-corrected chi connectivity index (χ2v) is 36.8. The molecule has 608 valence electrons. The van der Waals surface area contributed by atoms with Crippen LogP contribution >= 0.6 is 0 Å². The molecule has 4 heteroatoms. The first-order valence-corrected chi connectivity index (χ1v) is 44.8. The highest BCUT2D eigenvalue weighted by molar-refractivity contribution is 5.54. The molecule has 112 heavy (non-hydrogen) atoms. The molecule has 12 rings (SSSR count). The van der Waals surface area contributed by atoms with Crippen molar-refractivity contribution in [1.29, 1.82) is 0 Å². The Hall–Kier alpha value is -7.04. The fourth-order valence-electron chi connectivity index (χ4n) is 23.1. The first-order chi connectivity index (χ1) is 53.3. The molecule has 8 aromatic rings. The minimum atomic E-state index is -0.276. The maximum Gasteiger partial charge on any atom is 0.138 e. The van der Waals surface area contributed by atoms with Gasteiger partial charge in [0.05, 0.1) is 0 Å². The van der Waals surface area contributed by atoms with Gasteiger partial charge in [-0.05, 0) is 269 Å². The minimum absolute atomic E-state index is 0.105. The van der Waals surface area contributed by atoms with Crippen molar-refractivity contribution in [3.63, 3.8) is 0 Å². The molecule has 7 atom stereocenters. The molecule has 0 aromatic heterocycles. The zero-order valence-electron chi connectivity index (χ0n) is 75.8. The Morgan fingerprint density at radius 2 is 0.598 bits per heavy atom. The zero-order chi connectivity index (χ0) is 81.9. The summed E-state index contributed by atoms with van der Waals surface area (Å²) >= 11 is 0. The van der Waals surface area contributed by atoms with E-state index in [0.717, 1.165) is 74.4 Å². The van der Waals surface area contributed by atoms with Gasteiger partial charge in [-0.15, -0.1) is 0 Å². The molecule has 0 radical (unpaired) electrons. The summed E-state index contributed by atoms with van der Waals surface area (Å²) in [4.78, 5) is 0. The average molecular weight is 1510 g/mol. The maximum atomic E-state index is 7.39. The predicted molar refractivity (Wildman–Crippen MR) is 481 cm³/mol. The molecule has 8 aromatic carbocycles. The Kier molecular flexibility index (Phi) is 29.6. The summed E-state index contributed by atoms with van der Waals surface area (Å²) in [6.07, 6.45) is 26.0. The number of rotatable bonds is 25. The summed E-state index contributed by atoms with van der Waals surface area (Å²) in [6, 6.07) is 55.1. The van der Waals surface area contributed by atoms with Crippen LogP contribution in [-0.2, 0) is 44.1 Å². The predicted octanol–water partition coefficient (Wildman–Crippen LogP) is 31.3. The number of ether oxygens (including phenoxy) is 4. The first kappa shape index (κ1) is 88.9. The van der Waals surface area contributed by atoms with Crippen LogP contribution < -0.4 is 18.9 Å². The monoisotopic (exact) mass is 1510 g/mol. The Labute approximate surface area is 684 Å². The lowest BCUT2D eigenvalue weighted by Gasteiger charge is -2.57. The molecule has 0 N–H and O–H groups in total. The van der Waals surface area contributed by atoms with Gasteiger partial charge in [0, 0.05) is 57.1 Å². The third kappa shape index (κ3) is 17.4. The van der Waals surface area contributed by atoms with Crippen molar-refractivity contribution in [3.05, 3.63) is 257 Å². The smallest absolute Gasteiger partial charge is 0.138 e. The van der Waals surface area contributed by atoms with Crippen LogP contribution in [0.4, 0.5) is 0 Å². The molecule has 0 aliphatic carbocycles. The van der Waals surface area contributed by atoms with Crippen molar-refractivity contribution in [3.8, 4) is 23.0 Å². The fraction of sp³-hybridized carbons (Fsp3) is 0.556. The van der Waals surface area contributed by atoms with Gasteiger partial charge in [0.25, 0.3) is 0 Å². The minimum Gasteiger partial charge on any atom is -0.483 e. The van der Waals surface area contributed by atoms with Crippen LogP contribution in [0.3, 0.4) is 0 Å². The number of aryl methyl sites for hydroxylation is 12. The van der Waals surface area contributed by atoms with E-state index in [9.17, 15) is 0 Å². The van der Waals surface area contributed by atoms with Gasteiger partial charge in [0.2, 0.25) is 0 Å². The highest BCUT2D eigenvalue weighted by Crippen LogP contribution is 2.64. The van der Waals surface area contributed by atoms with Gasteiger partial charge >= 0.3 is 0 Å². The number of hydrogen-bond acceptors (Lipinski definition) is 4. The highest BCUT2D eigenvalue weighted by atomic mass is 16.5. The number of hydrogen-bond donors (Lipinski definition) is 0. The van der Waals surface area contributed by atoms with E-state index in [1.807, 2.05) is 0 Å². The molecule has 0 saturated heterocycles. The van der Waals surface area contributed by atoms with Crippen LogP contribution in [0.5, 0.6) is 23.0 Å².